The molecule has 0 unspecified atom stereocenters. The van der Waals surface area contributed by atoms with E-state index in [-0.39, 0.29) is 17.8 Å². The zero-order valence-corrected chi connectivity index (χ0v) is 18.9. The van der Waals surface area contributed by atoms with Gasteiger partial charge in [-0.3, -0.25) is 9.69 Å². The van der Waals surface area contributed by atoms with Crippen LogP contribution in [0.25, 0.3) is 10.2 Å². The summed E-state index contributed by atoms with van der Waals surface area (Å²) in [6, 6.07) is 7.29. The molecule has 0 aliphatic rings. The molecule has 0 spiro atoms. The number of ether oxygens (including phenoxy) is 2. The van der Waals surface area contributed by atoms with Crippen molar-refractivity contribution in [2.24, 2.45) is 0 Å². The second kappa shape index (κ2) is 9.95. The number of fused-ring (bicyclic) bond motifs is 1. The molecule has 2 aromatic heterocycles. The highest BCUT2D eigenvalue weighted by Gasteiger charge is 2.22. The van der Waals surface area contributed by atoms with Gasteiger partial charge >= 0.3 is 0 Å². The molecule has 0 fully saturated rings. The lowest BCUT2D eigenvalue weighted by Gasteiger charge is -2.20. The molecule has 10 heteroatoms. The Morgan fingerprint density at radius 3 is 2.70 bits per heavy atom. The number of nitrogens with zero attached hydrogens (tertiary/aromatic N) is 4. The normalized spacial score (nSPS) is 11.0. The van der Waals surface area contributed by atoms with E-state index in [1.54, 1.807) is 37.8 Å². The van der Waals surface area contributed by atoms with Gasteiger partial charge in [0.2, 0.25) is 5.91 Å². The quantitative estimate of drug-likeness (QED) is 0.360. The van der Waals surface area contributed by atoms with Crippen LogP contribution in [0.15, 0.2) is 49.1 Å². The summed E-state index contributed by atoms with van der Waals surface area (Å²) in [6.07, 6.45) is 5.93. The Balaban J connectivity index is 1.60. The van der Waals surface area contributed by atoms with Gasteiger partial charge < -0.3 is 14.0 Å². The van der Waals surface area contributed by atoms with E-state index in [1.807, 2.05) is 10.8 Å². The number of methoxy groups -OCH3 is 2. The highest BCUT2D eigenvalue weighted by Crippen LogP contribution is 2.32. The summed E-state index contributed by atoms with van der Waals surface area (Å²) in [7, 11) is 3.07. The highest BCUT2D eigenvalue weighted by atomic mass is 32.1. The van der Waals surface area contributed by atoms with Crippen LogP contribution >= 0.6 is 11.3 Å². The molecule has 172 valence electrons. The van der Waals surface area contributed by atoms with Crippen LogP contribution in [-0.4, -0.2) is 41.2 Å². The number of aromatic nitrogens is 3. The Kier molecular flexibility index (Phi) is 6.83. The number of imidazole rings is 1. The summed E-state index contributed by atoms with van der Waals surface area (Å²) in [5, 5.41) is 0.325. The number of anilines is 1. The van der Waals surface area contributed by atoms with E-state index in [2.05, 4.69) is 9.97 Å². The summed E-state index contributed by atoms with van der Waals surface area (Å²) in [4.78, 5) is 23.2. The standard InChI is InChI=1S/C23H22F2N4O3S/c1-31-18-5-4-15(10-19(18)32-2)11-21(30)29(8-3-7-28-9-6-26-14-28)23-27-22-17(25)12-16(24)13-20(22)33-23/h4-6,9-10,12-14H,3,7-8,11H2,1-2H3. The van der Waals surface area contributed by atoms with Gasteiger partial charge in [-0.05, 0) is 30.2 Å². The molecule has 4 rings (SSSR count). The average Bonchev–Trinajstić information content (AvgIpc) is 3.46. The van der Waals surface area contributed by atoms with Gasteiger partial charge in [0.25, 0.3) is 0 Å². The lowest BCUT2D eigenvalue weighted by atomic mass is 10.1. The first-order valence-electron chi connectivity index (χ1n) is 10.2. The van der Waals surface area contributed by atoms with Crippen LogP contribution in [0, 0.1) is 11.6 Å². The third-order valence-corrected chi connectivity index (χ3v) is 6.12. The Bertz CT molecular complexity index is 1260. The van der Waals surface area contributed by atoms with Crippen molar-refractivity contribution in [1.29, 1.82) is 0 Å². The summed E-state index contributed by atoms with van der Waals surface area (Å²) in [5.74, 6) is -0.564. The van der Waals surface area contributed by atoms with Crippen molar-refractivity contribution in [2.75, 3.05) is 25.7 Å². The molecule has 1 amide bonds. The second-order valence-electron chi connectivity index (χ2n) is 7.30. The molecule has 0 N–H and O–H groups in total. The molecule has 0 aliphatic carbocycles. The maximum absolute atomic E-state index is 14.2. The number of carbonyl (C=O) groups is 1. The van der Waals surface area contributed by atoms with E-state index in [9.17, 15) is 13.6 Å². The van der Waals surface area contributed by atoms with Crippen LogP contribution in [0.3, 0.4) is 0 Å². The number of hydrogen-bond acceptors (Lipinski definition) is 6. The minimum atomic E-state index is -0.752. The smallest absolute Gasteiger partial charge is 0.233 e. The molecule has 0 bridgehead atoms. The number of hydrogen-bond donors (Lipinski definition) is 0. The first kappa shape index (κ1) is 22.7. The maximum Gasteiger partial charge on any atom is 0.233 e. The van der Waals surface area contributed by atoms with Gasteiger partial charge in [0, 0.05) is 31.5 Å². The lowest BCUT2D eigenvalue weighted by molar-refractivity contribution is -0.118. The lowest BCUT2D eigenvalue weighted by Crippen LogP contribution is -2.33. The molecule has 0 saturated carbocycles. The van der Waals surface area contributed by atoms with Crippen LogP contribution in [0.5, 0.6) is 11.5 Å². The minimum Gasteiger partial charge on any atom is -0.493 e. The van der Waals surface area contributed by atoms with Gasteiger partial charge in [0.05, 0.1) is 31.7 Å². The number of aryl methyl sites for hydroxylation is 1. The molecule has 0 saturated heterocycles. The molecule has 2 heterocycles. The fraction of sp³-hybridized carbons (Fsp3) is 0.261. The predicted molar refractivity (Wildman–Crippen MR) is 122 cm³/mol. The van der Waals surface area contributed by atoms with Crippen LogP contribution < -0.4 is 14.4 Å². The van der Waals surface area contributed by atoms with Gasteiger partial charge in [0.15, 0.2) is 22.4 Å². The molecule has 7 nitrogen and oxygen atoms in total. The third kappa shape index (κ3) is 5.11. The number of amides is 1. The number of rotatable bonds is 9. The number of thiazole rings is 1. The number of carbonyl (C=O) groups excluding carboxylic acids is 1. The van der Waals surface area contributed by atoms with Crippen LogP contribution in [0.4, 0.5) is 13.9 Å². The largest absolute Gasteiger partial charge is 0.493 e. The van der Waals surface area contributed by atoms with E-state index < -0.39 is 11.6 Å². The monoisotopic (exact) mass is 472 g/mol. The third-order valence-electron chi connectivity index (χ3n) is 5.09. The Labute approximate surface area is 193 Å². The summed E-state index contributed by atoms with van der Waals surface area (Å²) in [6.45, 7) is 1.00. The van der Waals surface area contributed by atoms with E-state index >= 15 is 0 Å². The fourth-order valence-electron chi connectivity index (χ4n) is 3.48. The van der Waals surface area contributed by atoms with Crippen LogP contribution in [0.2, 0.25) is 0 Å². The van der Waals surface area contributed by atoms with Crippen molar-refractivity contribution in [3.63, 3.8) is 0 Å². The Morgan fingerprint density at radius 1 is 1.15 bits per heavy atom. The van der Waals surface area contributed by atoms with Crippen molar-refractivity contribution < 1.29 is 23.0 Å². The summed E-state index contributed by atoms with van der Waals surface area (Å²) >= 11 is 1.08. The Hall–Kier alpha value is -3.53. The summed E-state index contributed by atoms with van der Waals surface area (Å²) < 4.78 is 40.7. The van der Waals surface area contributed by atoms with Crippen molar-refractivity contribution in [2.45, 2.75) is 19.4 Å². The van der Waals surface area contributed by atoms with Gasteiger partial charge in [-0.2, -0.15) is 0 Å². The van der Waals surface area contributed by atoms with Gasteiger partial charge in [-0.15, -0.1) is 0 Å². The topological polar surface area (TPSA) is 69.5 Å². The first-order valence-corrected chi connectivity index (χ1v) is 11.0. The number of halogens is 2. The van der Waals surface area contributed by atoms with E-state index in [0.717, 1.165) is 23.0 Å². The van der Waals surface area contributed by atoms with Gasteiger partial charge in [-0.25, -0.2) is 18.7 Å². The van der Waals surface area contributed by atoms with E-state index in [0.29, 0.717) is 40.8 Å². The minimum absolute atomic E-state index is 0.0509. The maximum atomic E-state index is 14.2. The zero-order chi connectivity index (χ0) is 23.4. The summed E-state index contributed by atoms with van der Waals surface area (Å²) in [5.41, 5.74) is 0.783. The van der Waals surface area contributed by atoms with Crippen molar-refractivity contribution in [3.05, 3.63) is 66.3 Å². The van der Waals surface area contributed by atoms with Gasteiger partial charge in [0.1, 0.15) is 11.3 Å². The molecule has 4 aromatic rings. The fourth-order valence-corrected chi connectivity index (χ4v) is 4.53. The first-order chi connectivity index (χ1) is 16.0. The number of benzene rings is 2. The van der Waals surface area contributed by atoms with Crippen molar-refractivity contribution in [1.82, 2.24) is 14.5 Å². The molecule has 2 aromatic carbocycles. The average molecular weight is 473 g/mol. The van der Waals surface area contributed by atoms with E-state index in [1.165, 1.54) is 18.1 Å². The predicted octanol–water partition coefficient (Wildman–Crippen LogP) is 4.45. The van der Waals surface area contributed by atoms with Crippen LogP contribution in [-0.2, 0) is 17.8 Å². The molecular formula is C23H22F2N4O3S. The SMILES string of the molecule is COc1ccc(CC(=O)N(CCCn2ccnc2)c2nc3c(F)cc(F)cc3s2)cc1OC. The van der Waals surface area contributed by atoms with Crippen molar-refractivity contribution >= 4 is 32.6 Å². The van der Waals surface area contributed by atoms with Crippen molar-refractivity contribution in [3.8, 4) is 11.5 Å². The molecule has 0 atom stereocenters. The highest BCUT2D eigenvalue weighted by molar-refractivity contribution is 7.22. The van der Waals surface area contributed by atoms with E-state index in [4.69, 9.17) is 9.47 Å². The molecule has 33 heavy (non-hydrogen) atoms. The zero-order valence-electron chi connectivity index (χ0n) is 18.1. The molecule has 0 radical (unpaired) electrons. The Morgan fingerprint density at radius 2 is 1.97 bits per heavy atom. The molecule has 0 aliphatic heterocycles. The van der Waals surface area contributed by atoms with Crippen LogP contribution in [0.1, 0.15) is 12.0 Å². The second-order valence-corrected chi connectivity index (χ2v) is 8.31. The van der Waals surface area contributed by atoms with Gasteiger partial charge in [-0.1, -0.05) is 17.4 Å². The molecular weight excluding hydrogens is 450 g/mol.